The van der Waals surface area contributed by atoms with Gasteiger partial charge in [-0.3, -0.25) is 4.90 Å². The highest BCUT2D eigenvalue weighted by Crippen LogP contribution is 2.15. The van der Waals surface area contributed by atoms with Crippen LogP contribution in [0, 0.1) is 5.92 Å². The molecule has 7 heteroatoms. The predicted molar refractivity (Wildman–Crippen MR) is 131 cm³/mol. The van der Waals surface area contributed by atoms with Crippen LogP contribution in [0.5, 0.6) is 5.75 Å². The molecule has 29 heavy (non-hydrogen) atoms. The summed E-state index contributed by atoms with van der Waals surface area (Å²) in [5.41, 5.74) is 1.15. The molecule has 1 aliphatic rings. The molecular weight excluding hydrogens is 479 g/mol. The topological polar surface area (TPSA) is 58.1 Å². The molecule has 0 aromatic heterocycles. The molecule has 0 radical (unpaired) electrons. The molecule has 166 valence electrons. The quantitative estimate of drug-likeness (QED) is 0.282. The minimum Gasteiger partial charge on any atom is -0.492 e. The summed E-state index contributed by atoms with van der Waals surface area (Å²) < 4.78 is 11.4. The monoisotopic (exact) mass is 518 g/mol. The van der Waals surface area contributed by atoms with Gasteiger partial charge in [-0.15, -0.1) is 24.0 Å². The summed E-state index contributed by atoms with van der Waals surface area (Å²) in [4.78, 5) is 7.07. The Balaban J connectivity index is 0.00000420. The predicted octanol–water partition coefficient (Wildman–Crippen LogP) is 3.51. The summed E-state index contributed by atoms with van der Waals surface area (Å²) in [6.07, 6.45) is 2.23. The van der Waals surface area contributed by atoms with Crippen molar-refractivity contribution in [2.45, 2.75) is 46.2 Å². The first-order valence-corrected chi connectivity index (χ1v) is 10.6. The molecule has 0 saturated carbocycles. The first-order chi connectivity index (χ1) is 13.6. The molecule has 2 N–H and O–H groups in total. The average molecular weight is 518 g/mol. The smallest absolute Gasteiger partial charge is 0.191 e. The fourth-order valence-corrected chi connectivity index (χ4v) is 3.16. The Labute approximate surface area is 193 Å². The van der Waals surface area contributed by atoms with E-state index >= 15 is 0 Å². The normalized spacial score (nSPS) is 15.3. The van der Waals surface area contributed by atoms with Crippen LogP contribution in [0.15, 0.2) is 29.3 Å². The van der Waals surface area contributed by atoms with Gasteiger partial charge in [0.1, 0.15) is 12.4 Å². The molecule has 0 aliphatic carbocycles. The summed E-state index contributed by atoms with van der Waals surface area (Å²) in [5.74, 6) is 2.36. The van der Waals surface area contributed by atoms with Gasteiger partial charge < -0.3 is 20.1 Å². The van der Waals surface area contributed by atoms with Crippen molar-refractivity contribution in [2.75, 3.05) is 46.5 Å². The fraction of sp³-hybridized carbons (Fsp3) is 0.682. The number of nitrogens with zero attached hydrogens (tertiary/aromatic N) is 2. The van der Waals surface area contributed by atoms with Gasteiger partial charge in [0.05, 0.1) is 6.54 Å². The fourth-order valence-electron chi connectivity index (χ4n) is 3.16. The average Bonchev–Trinajstić information content (AvgIpc) is 2.71. The summed E-state index contributed by atoms with van der Waals surface area (Å²) in [5, 5.41) is 6.67. The third kappa shape index (κ3) is 10.5. The van der Waals surface area contributed by atoms with Crippen LogP contribution in [0.25, 0.3) is 0 Å². The summed E-state index contributed by atoms with van der Waals surface area (Å²) in [6.45, 7) is 12.2. The number of ether oxygens (including phenoxy) is 2. The molecule has 1 heterocycles. The Morgan fingerprint density at radius 1 is 1.28 bits per heavy atom. The zero-order valence-electron chi connectivity index (χ0n) is 18.4. The van der Waals surface area contributed by atoms with Crippen molar-refractivity contribution in [3.63, 3.8) is 0 Å². The van der Waals surface area contributed by atoms with Crippen LogP contribution >= 0.6 is 24.0 Å². The first-order valence-electron chi connectivity index (χ1n) is 10.6. The lowest BCUT2D eigenvalue weighted by Gasteiger charge is -2.31. The molecule has 6 nitrogen and oxygen atoms in total. The second kappa shape index (κ2) is 14.8. The number of guanidine groups is 1. The third-order valence-corrected chi connectivity index (χ3v) is 4.87. The van der Waals surface area contributed by atoms with Crippen LogP contribution in [-0.4, -0.2) is 63.4 Å². The lowest BCUT2D eigenvalue weighted by molar-refractivity contribution is 0.0392. The van der Waals surface area contributed by atoms with Gasteiger partial charge in [-0.2, -0.15) is 0 Å². The Hall–Kier alpha value is -1.06. The van der Waals surface area contributed by atoms with Crippen molar-refractivity contribution in [1.29, 1.82) is 0 Å². The molecule has 2 rings (SSSR count). The maximum Gasteiger partial charge on any atom is 0.191 e. The zero-order chi connectivity index (χ0) is 20.2. The van der Waals surface area contributed by atoms with Crippen LogP contribution in [0.3, 0.4) is 0 Å². The zero-order valence-corrected chi connectivity index (χ0v) is 20.8. The Morgan fingerprint density at radius 2 is 2.03 bits per heavy atom. The van der Waals surface area contributed by atoms with E-state index in [4.69, 9.17) is 9.47 Å². The second-order valence-corrected chi connectivity index (χ2v) is 7.79. The van der Waals surface area contributed by atoms with E-state index in [1.165, 1.54) is 0 Å². The molecule has 0 amide bonds. The lowest BCUT2D eigenvalue weighted by atomic mass is 10.1. The van der Waals surface area contributed by atoms with Crippen molar-refractivity contribution < 1.29 is 9.47 Å². The number of likely N-dealkylation sites (N-methyl/N-ethyl adjacent to an activating group) is 1. The van der Waals surface area contributed by atoms with Gasteiger partial charge in [-0.25, -0.2) is 4.99 Å². The van der Waals surface area contributed by atoms with Crippen molar-refractivity contribution in [1.82, 2.24) is 15.5 Å². The van der Waals surface area contributed by atoms with E-state index in [0.29, 0.717) is 25.1 Å². The van der Waals surface area contributed by atoms with Crippen LogP contribution < -0.4 is 15.4 Å². The van der Waals surface area contributed by atoms with E-state index in [0.717, 1.165) is 63.0 Å². The van der Waals surface area contributed by atoms with Gasteiger partial charge in [0.2, 0.25) is 0 Å². The molecule has 0 atom stereocenters. The molecule has 0 spiro atoms. The van der Waals surface area contributed by atoms with E-state index in [9.17, 15) is 0 Å². The second-order valence-electron chi connectivity index (χ2n) is 7.79. The van der Waals surface area contributed by atoms with Crippen LogP contribution in [0.2, 0.25) is 0 Å². The van der Waals surface area contributed by atoms with Gasteiger partial charge in [-0.05, 0) is 50.4 Å². The number of benzene rings is 1. The highest BCUT2D eigenvalue weighted by molar-refractivity contribution is 14.0. The van der Waals surface area contributed by atoms with E-state index in [1.807, 2.05) is 12.1 Å². The van der Waals surface area contributed by atoms with Gasteiger partial charge in [0, 0.05) is 38.9 Å². The summed E-state index contributed by atoms with van der Waals surface area (Å²) >= 11 is 0. The molecule has 1 saturated heterocycles. The maximum atomic E-state index is 5.99. The standard InChI is InChI=1S/C22H38N4O2.HI/c1-5-23-22(24-16-18(2)3)25-17-19-7-6-8-21(15-19)28-14-11-26(4)20-9-12-27-13-10-20;/h6-8,15,18,20H,5,9-14,16-17H2,1-4H3,(H2,23,24,25);1H. The molecule has 1 aromatic rings. The molecule has 1 aromatic carbocycles. The summed E-state index contributed by atoms with van der Waals surface area (Å²) in [7, 11) is 2.18. The minimum absolute atomic E-state index is 0. The van der Waals surface area contributed by atoms with Crippen molar-refractivity contribution in [3.05, 3.63) is 29.8 Å². The number of halogens is 1. The number of nitrogens with one attached hydrogen (secondary N) is 2. The van der Waals surface area contributed by atoms with Crippen LogP contribution in [-0.2, 0) is 11.3 Å². The van der Waals surface area contributed by atoms with E-state index < -0.39 is 0 Å². The Bertz CT molecular complexity index is 592. The first kappa shape index (κ1) is 26.0. The van der Waals surface area contributed by atoms with E-state index in [-0.39, 0.29) is 24.0 Å². The molecular formula is C22H39IN4O2. The van der Waals surface area contributed by atoms with Crippen molar-refractivity contribution >= 4 is 29.9 Å². The van der Waals surface area contributed by atoms with Gasteiger partial charge >= 0.3 is 0 Å². The van der Waals surface area contributed by atoms with Gasteiger partial charge in [0.25, 0.3) is 0 Å². The Morgan fingerprint density at radius 3 is 2.72 bits per heavy atom. The minimum atomic E-state index is 0. The highest BCUT2D eigenvalue weighted by atomic mass is 127. The van der Waals surface area contributed by atoms with Gasteiger partial charge in [0.15, 0.2) is 5.96 Å². The van der Waals surface area contributed by atoms with Crippen LogP contribution in [0.1, 0.15) is 39.2 Å². The number of hydrogen-bond acceptors (Lipinski definition) is 4. The lowest BCUT2D eigenvalue weighted by Crippen LogP contribution is -2.39. The summed E-state index contributed by atoms with van der Waals surface area (Å²) in [6, 6.07) is 8.85. The van der Waals surface area contributed by atoms with E-state index in [1.54, 1.807) is 0 Å². The molecule has 1 fully saturated rings. The number of rotatable bonds is 10. The maximum absolute atomic E-state index is 5.99. The molecule has 0 unspecified atom stereocenters. The largest absolute Gasteiger partial charge is 0.492 e. The molecule has 0 bridgehead atoms. The van der Waals surface area contributed by atoms with Crippen molar-refractivity contribution in [2.24, 2.45) is 10.9 Å². The molecule has 1 aliphatic heterocycles. The van der Waals surface area contributed by atoms with Crippen LogP contribution in [0.4, 0.5) is 0 Å². The number of hydrogen-bond donors (Lipinski definition) is 2. The third-order valence-electron chi connectivity index (χ3n) is 4.87. The van der Waals surface area contributed by atoms with Crippen molar-refractivity contribution in [3.8, 4) is 5.75 Å². The SMILES string of the molecule is CCNC(=NCc1cccc(OCCN(C)C2CCOCC2)c1)NCC(C)C.I. The van der Waals surface area contributed by atoms with Gasteiger partial charge in [-0.1, -0.05) is 26.0 Å². The Kier molecular flexibility index (Phi) is 13.3. The highest BCUT2D eigenvalue weighted by Gasteiger charge is 2.17. The number of aliphatic imine (C=N–C) groups is 1. The van der Waals surface area contributed by atoms with E-state index in [2.05, 4.69) is 60.5 Å².